The predicted octanol–water partition coefficient (Wildman–Crippen LogP) is 6.47. The third-order valence-corrected chi connectivity index (χ3v) is 4.45. The summed E-state index contributed by atoms with van der Waals surface area (Å²) < 4.78 is 65.9. The Kier molecular flexibility index (Phi) is 4.19. The maximum atomic E-state index is 14.0. The smallest absolute Gasteiger partial charge is 0.247 e. The summed E-state index contributed by atoms with van der Waals surface area (Å²) >= 11 is 6.21. The second kappa shape index (κ2) is 5.95. The van der Waals surface area contributed by atoms with Crippen LogP contribution in [-0.2, 0) is 6.18 Å². The Labute approximate surface area is 145 Å². The lowest BCUT2D eigenvalue weighted by molar-refractivity contribution is -0.137. The molecule has 7 heteroatoms. The van der Waals surface area contributed by atoms with Crippen LogP contribution < -0.4 is 0 Å². The summed E-state index contributed by atoms with van der Waals surface area (Å²) in [6, 6.07) is 4.96. The van der Waals surface area contributed by atoms with Crippen molar-refractivity contribution in [3.8, 4) is 11.3 Å². The number of aromatic nitrogens is 1. The summed E-state index contributed by atoms with van der Waals surface area (Å²) in [6.45, 7) is 3.10. The van der Waals surface area contributed by atoms with Crippen molar-refractivity contribution in [2.45, 2.75) is 20.0 Å². The Morgan fingerprint density at radius 3 is 2.28 bits per heavy atom. The van der Waals surface area contributed by atoms with Crippen molar-refractivity contribution < 1.29 is 22.0 Å². The zero-order valence-corrected chi connectivity index (χ0v) is 13.9. The van der Waals surface area contributed by atoms with Crippen molar-refractivity contribution in [3.63, 3.8) is 0 Å². The molecule has 0 radical (unpaired) electrons. The number of rotatable bonds is 1. The van der Waals surface area contributed by atoms with Crippen molar-refractivity contribution in [2.24, 2.45) is 0 Å². The van der Waals surface area contributed by atoms with E-state index in [0.29, 0.717) is 22.8 Å². The van der Waals surface area contributed by atoms with Crippen LogP contribution in [0.3, 0.4) is 0 Å². The van der Waals surface area contributed by atoms with Crippen LogP contribution in [0.2, 0.25) is 5.02 Å². The summed E-state index contributed by atoms with van der Waals surface area (Å²) in [7, 11) is 0. The maximum absolute atomic E-state index is 14.0. The normalized spacial score (nSPS) is 12.0. The van der Waals surface area contributed by atoms with Crippen LogP contribution in [-0.4, -0.2) is 4.98 Å². The molecule has 0 aliphatic rings. The van der Waals surface area contributed by atoms with Crippen molar-refractivity contribution in [2.75, 3.05) is 0 Å². The average molecular weight is 372 g/mol. The number of nitrogens with zero attached hydrogens (tertiary/aromatic N) is 1. The lowest BCUT2D eigenvalue weighted by Gasteiger charge is -2.15. The van der Waals surface area contributed by atoms with E-state index in [9.17, 15) is 22.0 Å². The minimum atomic E-state index is -4.46. The highest BCUT2D eigenvalue weighted by Gasteiger charge is 2.31. The standard InChI is InChI=1S/C18H11ClF5N/c1-8-5-10(18(22,23)24)3-4-12(8)17-9(2)16(19)15-13(21)6-11(20)7-14(15)25-17/h3-7H,1-2H3. The van der Waals surface area contributed by atoms with Gasteiger partial charge >= 0.3 is 6.18 Å². The molecule has 0 aliphatic carbocycles. The first-order chi connectivity index (χ1) is 11.6. The monoisotopic (exact) mass is 371 g/mol. The van der Waals surface area contributed by atoms with Gasteiger partial charge in [0.15, 0.2) is 0 Å². The van der Waals surface area contributed by atoms with Gasteiger partial charge < -0.3 is 0 Å². The molecule has 0 aliphatic heterocycles. The molecule has 0 amide bonds. The highest BCUT2D eigenvalue weighted by Crippen LogP contribution is 2.37. The Morgan fingerprint density at radius 1 is 1.00 bits per heavy atom. The number of fused-ring (bicyclic) bond motifs is 1. The molecular formula is C18H11ClF5N. The second-order valence-electron chi connectivity index (χ2n) is 5.71. The van der Waals surface area contributed by atoms with E-state index < -0.39 is 23.4 Å². The highest BCUT2D eigenvalue weighted by atomic mass is 35.5. The fourth-order valence-electron chi connectivity index (χ4n) is 2.73. The van der Waals surface area contributed by atoms with Gasteiger partial charge in [-0.25, -0.2) is 13.8 Å². The molecule has 0 atom stereocenters. The lowest BCUT2D eigenvalue weighted by atomic mass is 9.98. The third-order valence-electron chi connectivity index (χ3n) is 3.98. The van der Waals surface area contributed by atoms with Crippen molar-refractivity contribution >= 4 is 22.5 Å². The largest absolute Gasteiger partial charge is 0.416 e. The van der Waals surface area contributed by atoms with Crippen LogP contribution in [0.15, 0.2) is 30.3 Å². The molecule has 25 heavy (non-hydrogen) atoms. The first-order valence-electron chi connectivity index (χ1n) is 7.22. The van der Waals surface area contributed by atoms with E-state index in [1.54, 1.807) is 6.92 Å². The van der Waals surface area contributed by atoms with Crippen molar-refractivity contribution in [1.29, 1.82) is 0 Å². The van der Waals surface area contributed by atoms with Gasteiger partial charge in [-0.05, 0) is 37.1 Å². The Balaban J connectivity index is 2.28. The molecule has 130 valence electrons. The summed E-state index contributed by atoms with van der Waals surface area (Å²) in [4.78, 5) is 4.23. The van der Waals surface area contributed by atoms with E-state index in [1.807, 2.05) is 0 Å². The van der Waals surface area contributed by atoms with Crippen LogP contribution in [0.25, 0.3) is 22.2 Å². The number of benzene rings is 2. The van der Waals surface area contributed by atoms with Crippen LogP contribution in [0.4, 0.5) is 22.0 Å². The maximum Gasteiger partial charge on any atom is 0.416 e. The first kappa shape index (κ1) is 17.6. The molecule has 3 aromatic rings. The van der Waals surface area contributed by atoms with Gasteiger partial charge in [-0.15, -0.1) is 0 Å². The molecule has 1 heterocycles. The van der Waals surface area contributed by atoms with E-state index in [-0.39, 0.29) is 21.6 Å². The number of aryl methyl sites for hydroxylation is 1. The lowest BCUT2D eigenvalue weighted by Crippen LogP contribution is -2.05. The molecule has 0 saturated heterocycles. The van der Waals surface area contributed by atoms with E-state index in [0.717, 1.165) is 18.2 Å². The van der Waals surface area contributed by atoms with Gasteiger partial charge in [-0.2, -0.15) is 13.2 Å². The van der Waals surface area contributed by atoms with Crippen LogP contribution in [0, 0.1) is 25.5 Å². The number of alkyl halides is 3. The average Bonchev–Trinajstić information content (AvgIpc) is 2.49. The van der Waals surface area contributed by atoms with Gasteiger partial charge in [0.2, 0.25) is 0 Å². The Bertz CT molecular complexity index is 995. The minimum absolute atomic E-state index is 0.00222. The molecular weight excluding hydrogens is 361 g/mol. The number of hydrogen-bond donors (Lipinski definition) is 0. The summed E-state index contributed by atoms with van der Waals surface area (Å²) in [5.41, 5.74) is 0.658. The summed E-state index contributed by atoms with van der Waals surface area (Å²) in [6.07, 6.45) is -4.46. The Hall–Kier alpha value is -2.21. The predicted molar refractivity (Wildman–Crippen MR) is 86.6 cm³/mol. The van der Waals surface area contributed by atoms with E-state index in [2.05, 4.69) is 4.98 Å². The van der Waals surface area contributed by atoms with E-state index in [1.165, 1.54) is 13.0 Å². The van der Waals surface area contributed by atoms with E-state index in [4.69, 9.17) is 11.6 Å². The SMILES string of the molecule is Cc1cc(C(F)(F)F)ccc1-c1nc2cc(F)cc(F)c2c(Cl)c1C. The quantitative estimate of drug-likeness (QED) is 0.447. The molecule has 0 saturated carbocycles. The first-order valence-corrected chi connectivity index (χ1v) is 7.60. The van der Waals surface area contributed by atoms with Gasteiger partial charge in [-0.3, -0.25) is 0 Å². The fraction of sp³-hybridized carbons (Fsp3) is 0.167. The second-order valence-corrected chi connectivity index (χ2v) is 6.09. The third kappa shape index (κ3) is 3.06. The molecule has 2 aromatic carbocycles. The van der Waals surface area contributed by atoms with Gasteiger partial charge in [0.25, 0.3) is 0 Å². The highest BCUT2D eigenvalue weighted by molar-refractivity contribution is 6.36. The Morgan fingerprint density at radius 2 is 1.68 bits per heavy atom. The number of pyridine rings is 1. The van der Waals surface area contributed by atoms with Crippen LogP contribution >= 0.6 is 11.6 Å². The zero-order chi connectivity index (χ0) is 18.5. The van der Waals surface area contributed by atoms with Gasteiger partial charge in [0, 0.05) is 17.7 Å². The molecule has 0 spiro atoms. The number of hydrogen-bond acceptors (Lipinski definition) is 1. The van der Waals surface area contributed by atoms with E-state index >= 15 is 0 Å². The van der Waals surface area contributed by atoms with Crippen LogP contribution in [0.1, 0.15) is 16.7 Å². The zero-order valence-electron chi connectivity index (χ0n) is 13.1. The summed E-state index contributed by atoms with van der Waals surface area (Å²) in [5, 5.41) is 0.0330. The molecule has 0 unspecified atom stereocenters. The summed E-state index contributed by atoms with van der Waals surface area (Å²) in [5.74, 6) is -1.65. The number of halogens is 6. The van der Waals surface area contributed by atoms with Crippen LogP contribution in [0.5, 0.6) is 0 Å². The van der Waals surface area contributed by atoms with Gasteiger partial charge in [0.05, 0.1) is 27.2 Å². The molecule has 0 fully saturated rings. The molecule has 0 bridgehead atoms. The minimum Gasteiger partial charge on any atom is -0.247 e. The van der Waals surface area contributed by atoms with Gasteiger partial charge in [-0.1, -0.05) is 17.7 Å². The molecule has 1 nitrogen and oxygen atoms in total. The molecule has 0 N–H and O–H groups in total. The van der Waals surface area contributed by atoms with Crippen molar-refractivity contribution in [1.82, 2.24) is 4.98 Å². The molecule has 3 rings (SSSR count). The topological polar surface area (TPSA) is 12.9 Å². The van der Waals surface area contributed by atoms with Crippen molar-refractivity contribution in [3.05, 3.63) is 63.7 Å². The fourth-order valence-corrected chi connectivity index (χ4v) is 3.01. The molecule has 1 aromatic heterocycles. The van der Waals surface area contributed by atoms with Gasteiger partial charge in [0.1, 0.15) is 11.6 Å².